The number of halogens is 2. The van der Waals surface area contributed by atoms with E-state index in [9.17, 15) is 38.2 Å². The van der Waals surface area contributed by atoms with Crippen LogP contribution in [0.15, 0.2) is 64.8 Å². The maximum absolute atomic E-state index is 14.8. The highest BCUT2D eigenvalue weighted by molar-refractivity contribution is 6.25. The van der Waals surface area contributed by atoms with Crippen LogP contribution in [0.4, 0.5) is 14.5 Å². The van der Waals surface area contributed by atoms with Crippen molar-refractivity contribution in [1.29, 1.82) is 5.41 Å². The lowest BCUT2D eigenvalue weighted by atomic mass is 9.72. The number of aryl methyl sites for hydroxylation is 1. The molecule has 4 saturated heterocycles. The van der Waals surface area contributed by atoms with Crippen LogP contribution in [0.2, 0.25) is 0 Å². The molecule has 3 atom stereocenters. The van der Waals surface area contributed by atoms with E-state index in [1.54, 1.807) is 48.0 Å². The second-order valence-electron chi connectivity index (χ2n) is 20.6. The van der Waals surface area contributed by atoms with E-state index in [-0.39, 0.29) is 42.1 Å². The topological polar surface area (TPSA) is 171 Å². The number of benzene rings is 1. The number of anilines is 1. The number of hydrogen-bond donors (Lipinski definition) is 3. The first-order valence-electron chi connectivity index (χ1n) is 25.1. The van der Waals surface area contributed by atoms with E-state index in [0.29, 0.717) is 54.7 Å². The van der Waals surface area contributed by atoms with Gasteiger partial charge in [-0.25, -0.2) is 8.78 Å². The fraction of sp³-hybridized carbons (Fsp3) is 0.588. The number of aromatic nitrogens is 2. The Morgan fingerprint density at radius 1 is 0.913 bits per heavy atom. The SMILES string of the molecule is CC(=O)N1CCC(NC2CCN(CCN3CCC(C4CN(c5cccc6c5C(=O)N(C5CCC(=O)NC5=O)C6=O)C4)CC3)CC2)=C(C(=N)N2CCCC3=C2C=C(C(F)F)C(c2cnn(C)c2)C3C)C1. The Kier molecular flexibility index (Phi) is 13.1. The summed E-state index contributed by atoms with van der Waals surface area (Å²) < 4.78 is 31.3. The van der Waals surface area contributed by atoms with E-state index in [1.807, 2.05) is 24.1 Å². The maximum atomic E-state index is 14.8. The summed E-state index contributed by atoms with van der Waals surface area (Å²) in [6.45, 7) is 12.7. The van der Waals surface area contributed by atoms with Gasteiger partial charge in [-0.05, 0) is 105 Å². The number of allylic oxidation sites excluding steroid dienone is 3. The quantitative estimate of drug-likeness (QED) is 0.165. The molecule has 1 aromatic heterocycles. The number of fused-ring (bicyclic) bond motifs is 1. The Morgan fingerprint density at radius 2 is 1.64 bits per heavy atom. The van der Waals surface area contributed by atoms with Gasteiger partial charge in [0.05, 0.1) is 29.6 Å². The second kappa shape index (κ2) is 19.2. The predicted octanol–water partition coefficient (Wildman–Crippen LogP) is 4.48. The fourth-order valence-electron chi connectivity index (χ4n) is 12.5. The average molecular weight is 950 g/mol. The molecule has 2 aromatic rings. The minimum atomic E-state index is -2.65. The molecule has 0 saturated carbocycles. The van der Waals surface area contributed by atoms with Crippen molar-refractivity contribution in [3.63, 3.8) is 0 Å². The molecule has 18 heteroatoms. The molecule has 1 aromatic carbocycles. The summed E-state index contributed by atoms with van der Waals surface area (Å²) in [7, 11) is 1.80. The minimum absolute atomic E-state index is 0.0392. The molecule has 4 fully saturated rings. The minimum Gasteiger partial charge on any atom is -0.385 e. The molecule has 0 radical (unpaired) electrons. The molecule has 8 heterocycles. The molecule has 1 aliphatic carbocycles. The summed E-state index contributed by atoms with van der Waals surface area (Å²) in [5, 5.41) is 20.1. The van der Waals surface area contributed by atoms with Crippen LogP contribution in [0.3, 0.4) is 0 Å². The summed E-state index contributed by atoms with van der Waals surface area (Å²) >= 11 is 0. The third kappa shape index (κ3) is 9.02. The van der Waals surface area contributed by atoms with Crippen molar-refractivity contribution in [3.8, 4) is 0 Å². The molecular weight excluding hydrogens is 885 g/mol. The van der Waals surface area contributed by atoms with Gasteiger partial charge in [0.25, 0.3) is 18.2 Å². The summed E-state index contributed by atoms with van der Waals surface area (Å²) in [4.78, 5) is 76.1. The van der Waals surface area contributed by atoms with Crippen molar-refractivity contribution < 1.29 is 32.8 Å². The Balaban J connectivity index is 0.709. The lowest BCUT2D eigenvalue weighted by Gasteiger charge is -2.47. The summed E-state index contributed by atoms with van der Waals surface area (Å²) in [6.07, 6.45) is 9.11. The lowest BCUT2D eigenvalue weighted by molar-refractivity contribution is -0.136. The Bertz CT molecular complexity index is 2510. The largest absolute Gasteiger partial charge is 0.385 e. The molecule has 5 amide bonds. The van der Waals surface area contributed by atoms with Crippen LogP contribution in [0, 0.1) is 23.2 Å². The lowest BCUT2D eigenvalue weighted by Crippen LogP contribution is -2.54. The van der Waals surface area contributed by atoms with Crippen LogP contribution in [0.25, 0.3) is 0 Å². The number of amides is 5. The standard InChI is InChI=1S/C51H65F2N11O5/c1-30-36-7-5-16-63(43(36)24-38(47(52)53)45(30)33-25-55-58(3)26-33)48(54)39-29-61(31(2)65)21-15-40(39)56-35-13-19-60(20-14-35)23-22-59-17-11-32(12-18-59)34-27-62(28-34)41-8-4-6-37-46(41)51(69)64(50(37)68)42-9-10-44(66)57-49(42)67/h4,6,8,24-26,30,32,34-35,42,45,47,54,56H,5,7,9-23,27-29H2,1-3H3,(H,57,66,67). The molecule has 0 spiro atoms. The zero-order chi connectivity index (χ0) is 48.2. The van der Waals surface area contributed by atoms with Gasteiger partial charge in [-0.1, -0.05) is 13.0 Å². The van der Waals surface area contributed by atoms with Crippen molar-refractivity contribution in [1.82, 2.24) is 44.9 Å². The Labute approximate surface area is 402 Å². The van der Waals surface area contributed by atoms with Crippen LogP contribution in [0.1, 0.15) is 104 Å². The third-order valence-corrected chi connectivity index (χ3v) is 16.5. The molecular formula is C51H65F2N11O5. The number of nitrogens with zero attached hydrogens (tertiary/aromatic N) is 8. The summed E-state index contributed by atoms with van der Waals surface area (Å²) in [5.74, 6) is -1.24. The van der Waals surface area contributed by atoms with E-state index in [4.69, 9.17) is 0 Å². The molecule has 3 unspecified atom stereocenters. The van der Waals surface area contributed by atoms with E-state index in [2.05, 4.69) is 30.4 Å². The van der Waals surface area contributed by atoms with E-state index in [1.165, 1.54) is 0 Å². The number of carbonyl (C=O) groups is 5. The first-order chi connectivity index (χ1) is 33.2. The monoisotopic (exact) mass is 950 g/mol. The van der Waals surface area contributed by atoms with Gasteiger partial charge < -0.3 is 29.8 Å². The number of likely N-dealkylation sites (tertiary alicyclic amines) is 2. The van der Waals surface area contributed by atoms with Gasteiger partial charge in [-0.3, -0.25) is 44.3 Å². The van der Waals surface area contributed by atoms with Gasteiger partial charge >= 0.3 is 0 Å². The molecule has 368 valence electrons. The van der Waals surface area contributed by atoms with E-state index < -0.39 is 42.0 Å². The maximum Gasteiger partial charge on any atom is 0.264 e. The normalized spacial score (nSPS) is 25.9. The highest BCUT2D eigenvalue weighted by atomic mass is 19.3. The van der Waals surface area contributed by atoms with Crippen LogP contribution >= 0.6 is 0 Å². The zero-order valence-corrected chi connectivity index (χ0v) is 40.0. The van der Waals surface area contributed by atoms with E-state index >= 15 is 0 Å². The van der Waals surface area contributed by atoms with Gasteiger partial charge in [0, 0.05) is 120 Å². The first kappa shape index (κ1) is 47.0. The molecule has 7 aliphatic heterocycles. The highest BCUT2D eigenvalue weighted by Crippen LogP contribution is 2.48. The van der Waals surface area contributed by atoms with Gasteiger partial charge in [0.15, 0.2) is 0 Å². The van der Waals surface area contributed by atoms with Gasteiger partial charge in [-0.15, -0.1) is 0 Å². The molecule has 0 bridgehead atoms. The Hall–Kier alpha value is -5.75. The van der Waals surface area contributed by atoms with Crippen molar-refractivity contribution in [2.45, 2.75) is 96.1 Å². The zero-order valence-electron chi connectivity index (χ0n) is 40.0. The molecule has 3 N–H and O–H groups in total. The van der Waals surface area contributed by atoms with Crippen LogP contribution in [-0.4, -0.2) is 160 Å². The average Bonchev–Trinajstić information content (AvgIpc) is 3.87. The van der Waals surface area contributed by atoms with Crippen molar-refractivity contribution >= 4 is 41.1 Å². The van der Waals surface area contributed by atoms with Gasteiger partial charge in [-0.2, -0.15) is 5.10 Å². The van der Waals surface area contributed by atoms with Crippen LogP contribution < -0.4 is 15.5 Å². The predicted molar refractivity (Wildman–Crippen MR) is 254 cm³/mol. The van der Waals surface area contributed by atoms with Crippen LogP contribution in [0.5, 0.6) is 0 Å². The number of alkyl halides is 2. The highest BCUT2D eigenvalue weighted by Gasteiger charge is 2.48. The van der Waals surface area contributed by atoms with Gasteiger partial charge in [0.1, 0.15) is 11.9 Å². The molecule has 10 rings (SSSR count). The van der Waals surface area contributed by atoms with Gasteiger partial charge in [0.2, 0.25) is 17.7 Å². The summed E-state index contributed by atoms with van der Waals surface area (Å²) in [5.41, 5.74) is 5.82. The number of piperidine rings is 3. The number of rotatable bonds is 11. The molecule has 8 aliphatic rings. The smallest absolute Gasteiger partial charge is 0.264 e. The fourth-order valence-corrected chi connectivity index (χ4v) is 12.5. The molecule has 69 heavy (non-hydrogen) atoms. The number of imide groups is 2. The third-order valence-electron chi connectivity index (χ3n) is 16.5. The summed E-state index contributed by atoms with van der Waals surface area (Å²) in [6, 6.07) is 4.59. The van der Waals surface area contributed by atoms with Crippen molar-refractivity contribution in [3.05, 3.63) is 81.5 Å². The Morgan fingerprint density at radius 3 is 2.30 bits per heavy atom. The van der Waals surface area contributed by atoms with E-state index in [0.717, 1.165) is 124 Å². The van der Waals surface area contributed by atoms with Crippen molar-refractivity contribution in [2.75, 3.05) is 76.9 Å². The second-order valence-corrected chi connectivity index (χ2v) is 20.6. The number of carbonyl (C=O) groups excluding carboxylic acids is 5. The van der Waals surface area contributed by atoms with Crippen molar-refractivity contribution in [2.24, 2.45) is 24.8 Å². The molecule has 16 nitrogen and oxygen atoms in total. The number of amidine groups is 1. The number of hydrogen-bond acceptors (Lipinski definition) is 11. The number of nitrogens with one attached hydrogen (secondary N) is 3. The van der Waals surface area contributed by atoms with Crippen LogP contribution in [-0.2, 0) is 21.4 Å². The first-order valence-corrected chi connectivity index (χ1v) is 25.1.